The Labute approximate surface area is 68.0 Å². The third kappa shape index (κ3) is 0.942. The van der Waals surface area contributed by atoms with Crippen LogP contribution >= 0.6 is 0 Å². The highest BCUT2D eigenvalue weighted by atomic mass is 16.2. The highest BCUT2D eigenvalue weighted by Gasteiger charge is 2.05. The molecule has 3 heteroatoms. The van der Waals surface area contributed by atoms with Gasteiger partial charge in [-0.15, -0.1) is 0 Å². The van der Waals surface area contributed by atoms with Crippen LogP contribution in [0.1, 0.15) is 13.8 Å². The van der Waals surface area contributed by atoms with Gasteiger partial charge in [-0.05, 0) is 13.8 Å². The summed E-state index contributed by atoms with van der Waals surface area (Å²) in [5, 5.41) is -0.0128. The quantitative estimate of drug-likeness (QED) is 0.427. The fourth-order valence-electron chi connectivity index (χ4n) is 1.12. The molecule has 0 bridgehead atoms. The lowest BCUT2D eigenvalue weighted by Crippen LogP contribution is -2.35. The van der Waals surface area contributed by atoms with Crippen LogP contribution in [0.5, 0.6) is 0 Å². The first-order chi connectivity index (χ1) is 5.63. The van der Waals surface area contributed by atoms with Crippen LogP contribution in [0.25, 0.3) is 12.2 Å². The molecule has 0 unspecified atom stereocenters. The zero-order chi connectivity index (χ0) is 9.30. The Morgan fingerprint density at radius 3 is 1.25 bits per heavy atom. The molecule has 0 aliphatic rings. The van der Waals surface area contributed by atoms with Gasteiger partial charge < -0.3 is 0 Å². The second-order valence-corrected chi connectivity index (χ2v) is 2.39. The molecule has 3 nitrogen and oxygen atoms in total. The first-order valence-electron chi connectivity index (χ1n) is 3.59. The molecular weight excluding hydrogens is 156 g/mol. The SMILES string of the molecule is CC=c1c(=O)c(=O)c(=CC)c1=O. The van der Waals surface area contributed by atoms with E-state index in [4.69, 9.17) is 0 Å². The van der Waals surface area contributed by atoms with Crippen LogP contribution in [0, 0.1) is 0 Å². The molecule has 62 valence electrons. The molecule has 1 aromatic rings. The van der Waals surface area contributed by atoms with Crippen LogP contribution in [-0.2, 0) is 0 Å². The van der Waals surface area contributed by atoms with Gasteiger partial charge in [-0.3, -0.25) is 14.4 Å². The van der Waals surface area contributed by atoms with Crippen LogP contribution in [0.15, 0.2) is 14.4 Å². The van der Waals surface area contributed by atoms with E-state index >= 15 is 0 Å². The smallest absolute Gasteiger partial charge is 0.237 e. The topological polar surface area (TPSA) is 51.2 Å². The summed E-state index contributed by atoms with van der Waals surface area (Å²) in [6, 6.07) is 0. The molecule has 0 saturated carbocycles. The van der Waals surface area contributed by atoms with Gasteiger partial charge in [0.15, 0.2) is 0 Å². The summed E-state index contributed by atoms with van der Waals surface area (Å²) in [6.45, 7) is 3.13. The first-order valence-corrected chi connectivity index (χ1v) is 3.59. The molecule has 0 aromatic heterocycles. The van der Waals surface area contributed by atoms with Crippen LogP contribution in [0.3, 0.4) is 0 Å². The van der Waals surface area contributed by atoms with Gasteiger partial charge in [0.1, 0.15) is 0 Å². The van der Waals surface area contributed by atoms with Gasteiger partial charge in [0.25, 0.3) is 0 Å². The van der Waals surface area contributed by atoms with Gasteiger partial charge >= 0.3 is 0 Å². The van der Waals surface area contributed by atoms with Crippen molar-refractivity contribution in [3.8, 4) is 0 Å². The Kier molecular flexibility index (Phi) is 2.04. The molecule has 0 radical (unpaired) electrons. The van der Waals surface area contributed by atoms with E-state index in [9.17, 15) is 14.4 Å². The molecular formula is C9H8O3. The highest BCUT2D eigenvalue weighted by Crippen LogP contribution is 1.50. The van der Waals surface area contributed by atoms with Crippen molar-refractivity contribution in [3.05, 3.63) is 41.1 Å². The molecule has 0 aliphatic heterocycles. The zero-order valence-corrected chi connectivity index (χ0v) is 6.88. The van der Waals surface area contributed by atoms with Crippen LogP contribution in [0.2, 0.25) is 0 Å². The normalized spacial score (nSPS) is 14.2. The molecule has 0 N–H and O–H groups in total. The van der Waals surface area contributed by atoms with Crippen LogP contribution in [-0.4, -0.2) is 0 Å². The van der Waals surface area contributed by atoms with Gasteiger partial charge in [-0.25, -0.2) is 0 Å². The Hall–Kier alpha value is -1.51. The van der Waals surface area contributed by atoms with Crippen molar-refractivity contribution in [2.75, 3.05) is 0 Å². The van der Waals surface area contributed by atoms with Gasteiger partial charge in [-0.1, -0.05) is 12.2 Å². The predicted molar refractivity (Wildman–Crippen MR) is 47.2 cm³/mol. The minimum absolute atomic E-state index is 0.00639. The number of hydrogen-bond donors (Lipinski definition) is 0. The summed E-state index contributed by atoms with van der Waals surface area (Å²) < 4.78 is 0. The van der Waals surface area contributed by atoms with E-state index in [1.807, 2.05) is 0 Å². The Morgan fingerprint density at radius 1 is 0.750 bits per heavy atom. The first kappa shape index (κ1) is 8.59. The lowest BCUT2D eigenvalue weighted by molar-refractivity contribution is 1.51. The molecule has 0 fully saturated rings. The van der Waals surface area contributed by atoms with Gasteiger partial charge in [-0.2, -0.15) is 0 Å². The second kappa shape index (κ2) is 2.85. The molecule has 0 aliphatic carbocycles. The fourth-order valence-corrected chi connectivity index (χ4v) is 1.12. The van der Waals surface area contributed by atoms with Crippen molar-refractivity contribution in [2.45, 2.75) is 13.8 Å². The van der Waals surface area contributed by atoms with Crippen LogP contribution in [0.4, 0.5) is 0 Å². The van der Waals surface area contributed by atoms with E-state index < -0.39 is 16.3 Å². The van der Waals surface area contributed by atoms with E-state index in [2.05, 4.69) is 0 Å². The molecule has 0 heterocycles. The van der Waals surface area contributed by atoms with Crippen molar-refractivity contribution in [3.63, 3.8) is 0 Å². The average Bonchev–Trinajstić information content (AvgIpc) is 2.25. The van der Waals surface area contributed by atoms with E-state index in [-0.39, 0.29) is 10.4 Å². The number of rotatable bonds is 0. The predicted octanol–water partition coefficient (Wildman–Crippen LogP) is -1.76. The van der Waals surface area contributed by atoms with Crippen LogP contribution < -0.4 is 26.7 Å². The molecule has 1 aromatic carbocycles. The maximum atomic E-state index is 11.2. The minimum atomic E-state index is -0.685. The molecule has 1 rings (SSSR count). The lowest BCUT2D eigenvalue weighted by atomic mass is 10.4. The summed E-state index contributed by atoms with van der Waals surface area (Å²) in [7, 11) is 0. The Balaban J connectivity index is 4.24. The van der Waals surface area contributed by atoms with Crippen molar-refractivity contribution in [1.82, 2.24) is 0 Å². The Morgan fingerprint density at radius 2 is 1.08 bits per heavy atom. The molecule has 0 amide bonds. The van der Waals surface area contributed by atoms with Crippen molar-refractivity contribution >= 4 is 12.2 Å². The van der Waals surface area contributed by atoms with Crippen molar-refractivity contribution in [1.29, 1.82) is 0 Å². The molecule has 0 spiro atoms. The van der Waals surface area contributed by atoms with E-state index in [1.54, 1.807) is 13.8 Å². The standard InChI is InChI=1S/C9H8O3/c1-3-5-7(10)6(4-2)9(12)8(5)11/h3-4H,1-2H3. The summed E-state index contributed by atoms with van der Waals surface area (Å²) in [4.78, 5) is 33.3. The lowest BCUT2D eigenvalue weighted by Gasteiger charge is -1.64. The largest absolute Gasteiger partial charge is 0.288 e. The monoisotopic (exact) mass is 164 g/mol. The third-order valence-corrected chi connectivity index (χ3v) is 1.76. The van der Waals surface area contributed by atoms with Gasteiger partial charge in [0, 0.05) is 0 Å². The highest BCUT2D eigenvalue weighted by molar-refractivity contribution is 5.28. The number of hydrogen-bond acceptors (Lipinski definition) is 3. The van der Waals surface area contributed by atoms with Crippen molar-refractivity contribution < 1.29 is 0 Å². The summed E-state index contributed by atoms with van der Waals surface area (Å²) in [6.07, 6.45) is 2.75. The zero-order valence-electron chi connectivity index (χ0n) is 6.88. The third-order valence-electron chi connectivity index (χ3n) is 1.76. The van der Waals surface area contributed by atoms with E-state index in [0.717, 1.165) is 0 Å². The van der Waals surface area contributed by atoms with Crippen molar-refractivity contribution in [2.24, 2.45) is 0 Å². The van der Waals surface area contributed by atoms with E-state index in [0.29, 0.717) is 0 Å². The average molecular weight is 164 g/mol. The second-order valence-electron chi connectivity index (χ2n) is 2.39. The molecule has 0 saturated heterocycles. The maximum Gasteiger partial charge on any atom is 0.237 e. The van der Waals surface area contributed by atoms with Gasteiger partial charge in [0.2, 0.25) is 16.3 Å². The summed E-state index contributed by atoms with van der Waals surface area (Å²) in [5.41, 5.74) is -1.82. The summed E-state index contributed by atoms with van der Waals surface area (Å²) in [5.74, 6) is 0. The molecule has 0 atom stereocenters. The molecule has 12 heavy (non-hydrogen) atoms. The van der Waals surface area contributed by atoms with E-state index in [1.165, 1.54) is 12.2 Å². The fraction of sp³-hybridized carbons (Fsp3) is 0.222. The minimum Gasteiger partial charge on any atom is -0.288 e. The van der Waals surface area contributed by atoms with Gasteiger partial charge in [0.05, 0.1) is 10.4 Å². The Bertz CT molecular complexity index is 494. The summed E-state index contributed by atoms with van der Waals surface area (Å²) >= 11 is 0. The maximum absolute atomic E-state index is 11.2.